The predicted octanol–water partition coefficient (Wildman–Crippen LogP) is 0.938. The lowest BCUT2D eigenvalue weighted by molar-refractivity contribution is -0.122. The Bertz CT molecular complexity index is 776. The van der Waals surface area contributed by atoms with Gasteiger partial charge in [-0.25, -0.2) is 0 Å². The average Bonchev–Trinajstić information content (AvgIpc) is 3.05. The Morgan fingerprint density at radius 3 is 2.88 bits per heavy atom. The topological polar surface area (TPSA) is 83.2 Å². The maximum absolute atomic E-state index is 12.1. The Morgan fingerprint density at radius 2 is 2.16 bits per heavy atom. The predicted molar refractivity (Wildman–Crippen MR) is 91.9 cm³/mol. The van der Waals surface area contributed by atoms with Crippen molar-refractivity contribution in [1.82, 2.24) is 20.0 Å². The van der Waals surface area contributed by atoms with Gasteiger partial charge in [-0.3, -0.25) is 14.4 Å². The van der Waals surface area contributed by atoms with Gasteiger partial charge in [0, 0.05) is 19.6 Å². The highest BCUT2D eigenvalue weighted by atomic mass is 16.5. The molecule has 7 nitrogen and oxygen atoms in total. The van der Waals surface area contributed by atoms with Gasteiger partial charge in [0.15, 0.2) is 5.69 Å². The maximum Gasteiger partial charge on any atom is 0.234 e. The number of amides is 1. The minimum Gasteiger partial charge on any atom is -0.497 e. The van der Waals surface area contributed by atoms with Crippen molar-refractivity contribution in [3.8, 4) is 11.8 Å². The van der Waals surface area contributed by atoms with Gasteiger partial charge in [-0.2, -0.15) is 10.4 Å². The molecular weight excluding hydrogens is 318 g/mol. The Balaban J connectivity index is 1.42. The number of ether oxygens (including phenoxy) is 1. The summed E-state index contributed by atoms with van der Waals surface area (Å²) < 4.78 is 6.97. The van der Waals surface area contributed by atoms with Crippen LogP contribution in [0, 0.1) is 11.3 Å². The number of carbonyl (C=O) groups is 1. The Morgan fingerprint density at radius 1 is 1.36 bits per heavy atom. The third-order valence-corrected chi connectivity index (χ3v) is 4.25. The van der Waals surface area contributed by atoms with Crippen LogP contribution in [0.2, 0.25) is 0 Å². The Kier molecular flexibility index (Phi) is 5.31. The quantitative estimate of drug-likeness (QED) is 0.847. The van der Waals surface area contributed by atoms with Crippen molar-refractivity contribution < 1.29 is 9.53 Å². The largest absolute Gasteiger partial charge is 0.497 e. The smallest absolute Gasteiger partial charge is 0.234 e. The van der Waals surface area contributed by atoms with E-state index in [9.17, 15) is 4.79 Å². The zero-order chi connectivity index (χ0) is 17.6. The minimum atomic E-state index is 0.0157. The van der Waals surface area contributed by atoms with E-state index in [4.69, 9.17) is 10.00 Å². The van der Waals surface area contributed by atoms with Gasteiger partial charge in [0.2, 0.25) is 5.91 Å². The molecule has 0 unspecified atom stereocenters. The van der Waals surface area contributed by atoms with E-state index in [2.05, 4.69) is 21.4 Å². The van der Waals surface area contributed by atoms with E-state index >= 15 is 0 Å². The number of fused-ring (bicyclic) bond motifs is 1. The summed E-state index contributed by atoms with van der Waals surface area (Å²) in [5.74, 6) is 0.846. The van der Waals surface area contributed by atoms with Gasteiger partial charge in [0.1, 0.15) is 11.8 Å². The van der Waals surface area contributed by atoms with Crippen LogP contribution < -0.4 is 10.1 Å². The summed E-state index contributed by atoms with van der Waals surface area (Å²) in [5.41, 5.74) is 2.57. The standard InChI is InChI=1S/C18H21N5O2/c1-25-17-4-2-14(3-5-17)6-7-20-18(24)13-22-8-9-23-16(12-22)10-15(11-19)21-23/h2-5,10H,6-9,12-13H2,1H3,(H,20,24). The van der Waals surface area contributed by atoms with Gasteiger partial charge in [0.25, 0.3) is 0 Å². The molecule has 130 valence electrons. The van der Waals surface area contributed by atoms with Crippen molar-refractivity contribution >= 4 is 5.91 Å². The van der Waals surface area contributed by atoms with Crippen molar-refractivity contribution in [3.63, 3.8) is 0 Å². The number of benzene rings is 1. The molecule has 0 radical (unpaired) electrons. The van der Waals surface area contributed by atoms with Crippen LogP contribution in [0.5, 0.6) is 5.75 Å². The zero-order valence-corrected chi connectivity index (χ0v) is 14.2. The fraction of sp³-hybridized carbons (Fsp3) is 0.389. The minimum absolute atomic E-state index is 0.0157. The summed E-state index contributed by atoms with van der Waals surface area (Å²) in [4.78, 5) is 14.2. The van der Waals surface area contributed by atoms with Crippen LogP contribution >= 0.6 is 0 Å². The SMILES string of the molecule is COc1ccc(CCNC(=O)CN2CCn3nc(C#N)cc3C2)cc1. The second-order valence-electron chi connectivity index (χ2n) is 6.01. The molecule has 0 fully saturated rings. The van der Waals surface area contributed by atoms with E-state index in [0.717, 1.165) is 30.0 Å². The van der Waals surface area contributed by atoms with Gasteiger partial charge in [-0.1, -0.05) is 12.1 Å². The van der Waals surface area contributed by atoms with Crippen LogP contribution in [0.25, 0.3) is 0 Å². The van der Waals surface area contributed by atoms with Gasteiger partial charge in [-0.05, 0) is 30.2 Å². The lowest BCUT2D eigenvalue weighted by atomic mass is 10.1. The second kappa shape index (κ2) is 7.81. The van der Waals surface area contributed by atoms with Gasteiger partial charge in [0.05, 0.1) is 25.9 Å². The molecule has 1 aromatic heterocycles. The Labute approximate surface area is 146 Å². The fourth-order valence-electron chi connectivity index (χ4n) is 2.91. The molecule has 1 aromatic carbocycles. The second-order valence-corrected chi connectivity index (χ2v) is 6.01. The number of nitrogens with zero attached hydrogens (tertiary/aromatic N) is 4. The first kappa shape index (κ1) is 17.0. The summed E-state index contributed by atoms with van der Waals surface area (Å²) in [6.07, 6.45) is 0.786. The maximum atomic E-state index is 12.1. The molecule has 0 atom stereocenters. The van der Waals surface area contributed by atoms with Crippen LogP contribution in [-0.4, -0.2) is 47.3 Å². The molecule has 3 rings (SSSR count). The van der Waals surface area contributed by atoms with E-state index in [1.165, 1.54) is 0 Å². The molecular formula is C18H21N5O2. The van der Waals surface area contributed by atoms with Crippen LogP contribution in [0.3, 0.4) is 0 Å². The summed E-state index contributed by atoms with van der Waals surface area (Å²) >= 11 is 0. The first-order valence-electron chi connectivity index (χ1n) is 8.27. The van der Waals surface area contributed by atoms with E-state index < -0.39 is 0 Å². The van der Waals surface area contributed by atoms with Crippen molar-refractivity contribution in [2.75, 3.05) is 26.7 Å². The molecule has 25 heavy (non-hydrogen) atoms. The summed E-state index contributed by atoms with van der Waals surface area (Å²) in [6, 6.07) is 11.7. The van der Waals surface area contributed by atoms with Crippen molar-refractivity contribution in [3.05, 3.63) is 47.3 Å². The number of nitriles is 1. The van der Waals surface area contributed by atoms with Crippen LogP contribution in [0.4, 0.5) is 0 Å². The molecule has 0 saturated heterocycles. The van der Waals surface area contributed by atoms with E-state index in [1.54, 1.807) is 13.2 Å². The molecule has 1 aliphatic rings. The first-order chi connectivity index (χ1) is 12.2. The number of nitrogens with one attached hydrogen (secondary N) is 1. The van der Waals surface area contributed by atoms with Crippen molar-refractivity contribution in [1.29, 1.82) is 5.26 Å². The average molecular weight is 339 g/mol. The van der Waals surface area contributed by atoms with Gasteiger partial charge in [-0.15, -0.1) is 0 Å². The number of aromatic nitrogens is 2. The molecule has 0 spiro atoms. The summed E-state index contributed by atoms with van der Waals surface area (Å²) in [7, 11) is 1.64. The van der Waals surface area contributed by atoms with Crippen LogP contribution in [0.15, 0.2) is 30.3 Å². The fourth-order valence-corrected chi connectivity index (χ4v) is 2.91. The molecule has 0 bridgehead atoms. The Hall–Kier alpha value is -2.85. The highest BCUT2D eigenvalue weighted by Gasteiger charge is 2.20. The van der Waals surface area contributed by atoms with Crippen LogP contribution in [0.1, 0.15) is 17.0 Å². The van der Waals surface area contributed by atoms with Gasteiger partial charge >= 0.3 is 0 Å². The number of rotatable bonds is 6. The molecule has 1 N–H and O–H groups in total. The van der Waals surface area contributed by atoms with E-state index in [1.807, 2.05) is 28.9 Å². The number of hydrogen-bond acceptors (Lipinski definition) is 5. The molecule has 1 aliphatic heterocycles. The van der Waals surface area contributed by atoms with Gasteiger partial charge < -0.3 is 10.1 Å². The summed E-state index contributed by atoms with van der Waals surface area (Å²) in [6.45, 7) is 3.06. The number of methoxy groups -OCH3 is 1. The molecule has 1 amide bonds. The number of carbonyl (C=O) groups excluding carboxylic acids is 1. The molecule has 2 aromatic rings. The first-order valence-corrected chi connectivity index (χ1v) is 8.27. The highest BCUT2D eigenvalue weighted by Crippen LogP contribution is 2.13. The lowest BCUT2D eigenvalue weighted by Gasteiger charge is -2.26. The van der Waals surface area contributed by atoms with Crippen molar-refractivity contribution in [2.45, 2.75) is 19.5 Å². The third kappa shape index (κ3) is 4.37. The molecule has 2 heterocycles. The molecule has 0 aliphatic carbocycles. The monoisotopic (exact) mass is 339 g/mol. The summed E-state index contributed by atoms with van der Waals surface area (Å²) in [5, 5.41) is 16.1. The van der Waals surface area contributed by atoms with Crippen molar-refractivity contribution in [2.24, 2.45) is 0 Å². The number of hydrogen-bond donors (Lipinski definition) is 1. The zero-order valence-electron chi connectivity index (χ0n) is 14.2. The third-order valence-electron chi connectivity index (χ3n) is 4.25. The molecule has 7 heteroatoms. The molecule has 0 saturated carbocycles. The highest BCUT2D eigenvalue weighted by molar-refractivity contribution is 5.78. The van der Waals surface area contributed by atoms with E-state index in [-0.39, 0.29) is 5.91 Å². The lowest BCUT2D eigenvalue weighted by Crippen LogP contribution is -2.41. The van der Waals surface area contributed by atoms with Crippen LogP contribution in [-0.2, 0) is 24.3 Å². The normalized spacial score (nSPS) is 13.8. The van der Waals surface area contributed by atoms with E-state index in [0.29, 0.717) is 31.9 Å².